The van der Waals surface area contributed by atoms with Crippen molar-refractivity contribution in [3.63, 3.8) is 0 Å². The average Bonchev–Trinajstić information content (AvgIpc) is 2.32. The van der Waals surface area contributed by atoms with Crippen LogP contribution in [0.25, 0.3) is 0 Å². The van der Waals surface area contributed by atoms with Crippen LogP contribution in [0.15, 0.2) is 18.5 Å². The fourth-order valence-corrected chi connectivity index (χ4v) is 2.16. The van der Waals surface area contributed by atoms with Crippen molar-refractivity contribution in [2.75, 3.05) is 40.8 Å². The van der Waals surface area contributed by atoms with Gasteiger partial charge in [0.1, 0.15) is 0 Å². The molecule has 2 N–H and O–H groups in total. The molecule has 0 spiro atoms. The van der Waals surface area contributed by atoms with E-state index in [1.165, 1.54) is 11.1 Å². The van der Waals surface area contributed by atoms with Crippen molar-refractivity contribution in [1.29, 1.82) is 0 Å². The highest BCUT2D eigenvalue weighted by atomic mass is 15.1. The van der Waals surface area contributed by atoms with E-state index in [0.717, 1.165) is 19.5 Å². The molecule has 0 fully saturated rings. The van der Waals surface area contributed by atoms with Gasteiger partial charge in [0.2, 0.25) is 0 Å². The summed E-state index contributed by atoms with van der Waals surface area (Å²) in [5.74, 6) is 0. The molecule has 0 aromatic carbocycles. The Labute approximate surface area is 111 Å². The molecule has 0 bridgehead atoms. The monoisotopic (exact) mass is 250 g/mol. The van der Waals surface area contributed by atoms with E-state index < -0.39 is 0 Å². The van der Waals surface area contributed by atoms with Gasteiger partial charge in [-0.05, 0) is 64.8 Å². The zero-order chi connectivity index (χ0) is 13.5. The second-order valence-electron chi connectivity index (χ2n) is 5.12. The number of rotatable bonds is 7. The molecular weight excluding hydrogens is 224 g/mol. The van der Waals surface area contributed by atoms with Crippen LogP contribution in [0.4, 0.5) is 0 Å². The topological polar surface area (TPSA) is 45.4 Å². The third-order valence-corrected chi connectivity index (χ3v) is 3.31. The van der Waals surface area contributed by atoms with Crippen LogP contribution in [-0.4, -0.2) is 55.6 Å². The summed E-state index contributed by atoms with van der Waals surface area (Å²) >= 11 is 0. The van der Waals surface area contributed by atoms with E-state index in [4.69, 9.17) is 5.73 Å². The van der Waals surface area contributed by atoms with Gasteiger partial charge in [0.15, 0.2) is 0 Å². The molecule has 4 nitrogen and oxygen atoms in total. The zero-order valence-electron chi connectivity index (χ0n) is 12.1. The van der Waals surface area contributed by atoms with Crippen molar-refractivity contribution in [2.24, 2.45) is 5.73 Å². The molecule has 0 radical (unpaired) electrons. The highest BCUT2D eigenvalue weighted by Gasteiger charge is 2.17. The summed E-state index contributed by atoms with van der Waals surface area (Å²) in [6.07, 6.45) is 4.92. The third-order valence-electron chi connectivity index (χ3n) is 3.31. The molecule has 1 atom stereocenters. The fraction of sp³-hybridized carbons (Fsp3) is 0.643. The summed E-state index contributed by atoms with van der Waals surface area (Å²) in [4.78, 5) is 8.75. The van der Waals surface area contributed by atoms with Crippen molar-refractivity contribution in [1.82, 2.24) is 14.8 Å². The molecular formula is C14H26N4. The molecule has 102 valence electrons. The van der Waals surface area contributed by atoms with Crippen LogP contribution in [0.1, 0.15) is 23.6 Å². The van der Waals surface area contributed by atoms with Gasteiger partial charge >= 0.3 is 0 Å². The molecule has 0 aliphatic rings. The van der Waals surface area contributed by atoms with Gasteiger partial charge in [0, 0.05) is 25.0 Å². The number of hydrogen-bond donors (Lipinski definition) is 1. The van der Waals surface area contributed by atoms with E-state index in [-0.39, 0.29) is 6.04 Å². The van der Waals surface area contributed by atoms with Crippen LogP contribution in [0.3, 0.4) is 0 Å². The maximum Gasteiger partial charge on any atom is 0.0485 e. The Morgan fingerprint density at radius 3 is 2.56 bits per heavy atom. The highest BCUT2D eigenvalue weighted by molar-refractivity contribution is 5.25. The lowest BCUT2D eigenvalue weighted by Gasteiger charge is -2.28. The predicted octanol–water partition coefficient (Wildman–Crippen LogP) is 1.27. The summed E-state index contributed by atoms with van der Waals surface area (Å²) in [5, 5.41) is 0. The van der Waals surface area contributed by atoms with Gasteiger partial charge in [0.05, 0.1) is 0 Å². The molecule has 1 rings (SSSR count). The fourth-order valence-electron chi connectivity index (χ4n) is 2.16. The minimum absolute atomic E-state index is 0.265. The van der Waals surface area contributed by atoms with E-state index in [1.54, 1.807) is 0 Å². The Bertz CT molecular complexity index is 351. The predicted molar refractivity (Wildman–Crippen MR) is 76.6 cm³/mol. The van der Waals surface area contributed by atoms with Crippen LogP contribution in [0.2, 0.25) is 0 Å². The minimum Gasteiger partial charge on any atom is -0.329 e. The van der Waals surface area contributed by atoms with Crippen LogP contribution < -0.4 is 5.73 Å². The second-order valence-corrected chi connectivity index (χ2v) is 5.12. The Kier molecular flexibility index (Phi) is 6.25. The SMILES string of the molecule is Cc1ccncc1C(CN)N(C)CCCN(C)C. The van der Waals surface area contributed by atoms with Crippen LogP contribution in [0, 0.1) is 6.92 Å². The highest BCUT2D eigenvalue weighted by Crippen LogP contribution is 2.20. The molecule has 4 heteroatoms. The van der Waals surface area contributed by atoms with Gasteiger partial charge in [-0.25, -0.2) is 0 Å². The van der Waals surface area contributed by atoms with Crippen molar-refractivity contribution >= 4 is 0 Å². The van der Waals surface area contributed by atoms with Crippen molar-refractivity contribution < 1.29 is 0 Å². The van der Waals surface area contributed by atoms with Gasteiger partial charge in [0.25, 0.3) is 0 Å². The lowest BCUT2D eigenvalue weighted by atomic mass is 10.0. The molecule has 1 unspecified atom stereocenters. The lowest BCUT2D eigenvalue weighted by Crippen LogP contribution is -2.33. The van der Waals surface area contributed by atoms with Gasteiger partial charge in [-0.15, -0.1) is 0 Å². The summed E-state index contributed by atoms with van der Waals surface area (Å²) in [6.45, 7) is 4.90. The molecule has 0 amide bonds. The summed E-state index contributed by atoms with van der Waals surface area (Å²) in [5.41, 5.74) is 8.43. The summed E-state index contributed by atoms with van der Waals surface area (Å²) < 4.78 is 0. The number of likely N-dealkylation sites (N-methyl/N-ethyl adjacent to an activating group) is 1. The first-order chi connectivity index (χ1) is 8.56. The standard InChI is InChI=1S/C14H26N4/c1-12-6-7-16-11-13(12)14(10-15)18(4)9-5-8-17(2)3/h6-7,11,14H,5,8-10,15H2,1-4H3. The van der Waals surface area contributed by atoms with E-state index in [1.807, 2.05) is 18.5 Å². The summed E-state index contributed by atoms with van der Waals surface area (Å²) in [6, 6.07) is 2.31. The molecule has 0 saturated heterocycles. The first-order valence-electron chi connectivity index (χ1n) is 6.51. The Hall–Kier alpha value is -0.970. The normalized spacial score (nSPS) is 13.3. The lowest BCUT2D eigenvalue weighted by molar-refractivity contribution is 0.234. The van der Waals surface area contributed by atoms with Crippen molar-refractivity contribution in [2.45, 2.75) is 19.4 Å². The van der Waals surface area contributed by atoms with Gasteiger partial charge in [-0.3, -0.25) is 9.88 Å². The van der Waals surface area contributed by atoms with E-state index >= 15 is 0 Å². The van der Waals surface area contributed by atoms with E-state index in [2.05, 4.69) is 42.9 Å². The number of aromatic nitrogens is 1. The molecule has 1 aromatic rings. The van der Waals surface area contributed by atoms with E-state index in [9.17, 15) is 0 Å². The smallest absolute Gasteiger partial charge is 0.0485 e. The Morgan fingerprint density at radius 1 is 1.28 bits per heavy atom. The summed E-state index contributed by atoms with van der Waals surface area (Å²) in [7, 11) is 6.34. The number of aryl methyl sites for hydroxylation is 1. The number of nitrogens with two attached hydrogens (primary N) is 1. The van der Waals surface area contributed by atoms with Crippen LogP contribution in [0.5, 0.6) is 0 Å². The quantitative estimate of drug-likeness (QED) is 0.791. The van der Waals surface area contributed by atoms with Gasteiger partial charge in [-0.2, -0.15) is 0 Å². The van der Waals surface area contributed by atoms with Crippen LogP contribution in [-0.2, 0) is 0 Å². The number of hydrogen-bond acceptors (Lipinski definition) is 4. The molecule has 18 heavy (non-hydrogen) atoms. The molecule has 0 saturated carbocycles. The van der Waals surface area contributed by atoms with Crippen molar-refractivity contribution in [3.05, 3.63) is 29.6 Å². The molecule has 0 aliphatic heterocycles. The first-order valence-corrected chi connectivity index (χ1v) is 6.51. The van der Waals surface area contributed by atoms with Gasteiger partial charge < -0.3 is 10.6 Å². The maximum atomic E-state index is 5.93. The largest absolute Gasteiger partial charge is 0.329 e. The van der Waals surface area contributed by atoms with Crippen LogP contribution >= 0.6 is 0 Å². The number of nitrogens with zero attached hydrogens (tertiary/aromatic N) is 3. The Balaban J connectivity index is 2.63. The molecule has 0 aliphatic carbocycles. The van der Waals surface area contributed by atoms with Crippen molar-refractivity contribution in [3.8, 4) is 0 Å². The first kappa shape index (κ1) is 15.1. The van der Waals surface area contributed by atoms with Gasteiger partial charge in [-0.1, -0.05) is 0 Å². The third kappa shape index (κ3) is 4.37. The zero-order valence-corrected chi connectivity index (χ0v) is 12.1. The second kappa shape index (κ2) is 7.46. The maximum absolute atomic E-state index is 5.93. The number of pyridine rings is 1. The average molecular weight is 250 g/mol. The minimum atomic E-state index is 0.265. The Morgan fingerprint density at radius 2 is 2.00 bits per heavy atom. The molecule has 1 heterocycles. The van der Waals surface area contributed by atoms with E-state index in [0.29, 0.717) is 6.54 Å². The molecule has 1 aromatic heterocycles.